The fourth-order valence-electron chi connectivity index (χ4n) is 2.18. The van der Waals surface area contributed by atoms with E-state index in [4.69, 9.17) is 5.11 Å². The number of benzene rings is 1. The van der Waals surface area contributed by atoms with Crippen LogP contribution in [-0.2, 0) is 14.4 Å². The third-order valence-electron chi connectivity index (χ3n) is 3.33. The molecule has 3 amide bonds. The summed E-state index contributed by atoms with van der Waals surface area (Å²) < 4.78 is 0. The van der Waals surface area contributed by atoms with Crippen LogP contribution in [0.2, 0.25) is 0 Å². The number of amides is 3. The number of rotatable bonds is 6. The summed E-state index contributed by atoms with van der Waals surface area (Å²) in [5.74, 6) is -2.20. The largest absolute Gasteiger partial charge is 0.480 e. The number of carbonyl (C=O) groups is 4. The van der Waals surface area contributed by atoms with Crippen LogP contribution < -0.4 is 16.0 Å². The van der Waals surface area contributed by atoms with Gasteiger partial charge < -0.3 is 26.0 Å². The average molecular weight is 334 g/mol. The predicted molar refractivity (Wildman–Crippen MR) is 84.5 cm³/mol. The second-order valence-electron chi connectivity index (χ2n) is 5.20. The maximum absolute atomic E-state index is 12.0. The summed E-state index contributed by atoms with van der Waals surface area (Å²) in [4.78, 5) is 47.4. The highest BCUT2D eigenvalue weighted by Gasteiger charge is 2.20. The molecule has 24 heavy (non-hydrogen) atoms. The van der Waals surface area contributed by atoms with Gasteiger partial charge in [0, 0.05) is 24.3 Å². The summed E-state index contributed by atoms with van der Waals surface area (Å²) in [6.45, 7) is 0.769. The summed E-state index contributed by atoms with van der Waals surface area (Å²) in [7, 11) is 0. The van der Waals surface area contributed by atoms with Crippen LogP contribution in [0.1, 0.15) is 10.4 Å². The van der Waals surface area contributed by atoms with Crippen LogP contribution in [0, 0.1) is 0 Å². The Morgan fingerprint density at radius 1 is 1.29 bits per heavy atom. The first-order valence-corrected chi connectivity index (χ1v) is 7.34. The molecule has 1 heterocycles. The molecule has 128 valence electrons. The maximum Gasteiger partial charge on any atom is 0.322 e. The Bertz CT molecular complexity index is 661. The molecule has 1 fully saturated rings. The van der Waals surface area contributed by atoms with Gasteiger partial charge in [-0.15, -0.1) is 0 Å². The van der Waals surface area contributed by atoms with Crippen molar-refractivity contribution >= 4 is 29.4 Å². The van der Waals surface area contributed by atoms with Crippen LogP contribution in [0.4, 0.5) is 5.69 Å². The number of hydrogen-bond acceptors (Lipinski definition) is 5. The topological polar surface area (TPSA) is 128 Å². The Kier molecular flexibility index (Phi) is 5.85. The summed E-state index contributed by atoms with van der Waals surface area (Å²) >= 11 is 0. The normalized spacial score (nSPS) is 14.2. The molecule has 9 nitrogen and oxygen atoms in total. The number of piperazine rings is 1. The van der Waals surface area contributed by atoms with Crippen LogP contribution in [0.15, 0.2) is 24.3 Å². The Morgan fingerprint density at radius 2 is 2.08 bits per heavy atom. The van der Waals surface area contributed by atoms with E-state index in [-0.39, 0.29) is 30.5 Å². The first-order chi connectivity index (χ1) is 11.5. The van der Waals surface area contributed by atoms with Crippen LogP contribution >= 0.6 is 0 Å². The van der Waals surface area contributed by atoms with Gasteiger partial charge in [-0.1, -0.05) is 6.07 Å². The van der Waals surface area contributed by atoms with E-state index in [1.807, 2.05) is 0 Å². The standard InChI is InChI=1S/C15H18N4O5/c20-12(9-19-5-4-16-7-13(19)21)18-11-3-1-2-10(6-11)15(24)17-8-14(22)23/h1-3,6,16H,4-5,7-9H2,(H,17,24)(H,18,20)(H,22,23). The van der Waals surface area contributed by atoms with Crippen molar-refractivity contribution in [2.24, 2.45) is 0 Å². The van der Waals surface area contributed by atoms with E-state index in [0.717, 1.165) is 0 Å². The Labute approximate surface area is 138 Å². The van der Waals surface area contributed by atoms with Crippen molar-refractivity contribution in [2.45, 2.75) is 0 Å². The minimum absolute atomic E-state index is 0.0596. The van der Waals surface area contributed by atoms with Crippen LogP contribution in [-0.4, -0.2) is 66.4 Å². The highest BCUT2D eigenvalue weighted by atomic mass is 16.4. The highest BCUT2D eigenvalue weighted by molar-refractivity contribution is 5.99. The third kappa shape index (κ3) is 5.06. The van der Waals surface area contributed by atoms with Gasteiger partial charge in [0.1, 0.15) is 6.54 Å². The van der Waals surface area contributed by atoms with E-state index < -0.39 is 18.4 Å². The lowest BCUT2D eigenvalue weighted by Gasteiger charge is -2.26. The molecule has 1 saturated heterocycles. The molecule has 0 aliphatic carbocycles. The first-order valence-electron chi connectivity index (χ1n) is 7.34. The van der Waals surface area contributed by atoms with Gasteiger partial charge in [-0.2, -0.15) is 0 Å². The summed E-state index contributed by atoms with van der Waals surface area (Å²) in [6.07, 6.45) is 0. The monoisotopic (exact) mass is 334 g/mol. The van der Waals surface area contributed by atoms with Gasteiger partial charge >= 0.3 is 5.97 Å². The summed E-state index contributed by atoms with van der Waals surface area (Å²) in [6, 6.07) is 6.12. The van der Waals surface area contributed by atoms with Crippen LogP contribution in [0.5, 0.6) is 0 Å². The van der Waals surface area contributed by atoms with Crippen molar-refractivity contribution < 1.29 is 24.3 Å². The quantitative estimate of drug-likeness (QED) is 0.521. The van der Waals surface area contributed by atoms with Gasteiger partial charge in [0.25, 0.3) is 5.91 Å². The molecule has 4 N–H and O–H groups in total. The number of hydrogen-bond donors (Lipinski definition) is 4. The molecule has 9 heteroatoms. The molecule has 0 saturated carbocycles. The number of carboxylic acids is 1. The average Bonchev–Trinajstić information content (AvgIpc) is 2.55. The van der Waals surface area contributed by atoms with Gasteiger partial charge in [-0.05, 0) is 18.2 Å². The van der Waals surface area contributed by atoms with E-state index in [9.17, 15) is 19.2 Å². The molecule has 0 aromatic heterocycles. The van der Waals surface area contributed by atoms with E-state index in [2.05, 4.69) is 16.0 Å². The second-order valence-corrected chi connectivity index (χ2v) is 5.20. The molecule has 0 atom stereocenters. The predicted octanol–water partition coefficient (Wildman–Crippen LogP) is -1.13. The number of nitrogens with one attached hydrogen (secondary N) is 3. The molecular formula is C15H18N4O5. The minimum atomic E-state index is -1.14. The molecule has 0 spiro atoms. The van der Waals surface area contributed by atoms with Gasteiger partial charge in [0.2, 0.25) is 11.8 Å². The van der Waals surface area contributed by atoms with Crippen LogP contribution in [0.25, 0.3) is 0 Å². The second kappa shape index (κ2) is 8.06. The lowest BCUT2D eigenvalue weighted by atomic mass is 10.2. The van der Waals surface area contributed by atoms with E-state index in [1.165, 1.54) is 17.0 Å². The van der Waals surface area contributed by atoms with Gasteiger partial charge in [0.15, 0.2) is 0 Å². The lowest BCUT2D eigenvalue weighted by molar-refractivity contribution is -0.136. The number of anilines is 1. The van der Waals surface area contributed by atoms with Crippen molar-refractivity contribution in [1.82, 2.24) is 15.5 Å². The Morgan fingerprint density at radius 3 is 2.79 bits per heavy atom. The van der Waals surface area contributed by atoms with E-state index in [1.54, 1.807) is 12.1 Å². The smallest absolute Gasteiger partial charge is 0.322 e. The zero-order chi connectivity index (χ0) is 17.5. The SMILES string of the molecule is O=C(O)CNC(=O)c1cccc(NC(=O)CN2CCNCC2=O)c1. The fourth-order valence-corrected chi connectivity index (χ4v) is 2.18. The molecule has 1 aliphatic heterocycles. The van der Waals surface area contributed by atoms with Gasteiger partial charge in [-0.3, -0.25) is 19.2 Å². The number of carbonyl (C=O) groups excluding carboxylic acids is 3. The zero-order valence-corrected chi connectivity index (χ0v) is 12.9. The van der Waals surface area contributed by atoms with Crippen molar-refractivity contribution in [1.29, 1.82) is 0 Å². The number of aliphatic carboxylic acids is 1. The third-order valence-corrected chi connectivity index (χ3v) is 3.33. The molecule has 1 aliphatic rings. The zero-order valence-electron chi connectivity index (χ0n) is 12.9. The Balaban J connectivity index is 1.93. The van der Waals surface area contributed by atoms with Crippen molar-refractivity contribution in [3.8, 4) is 0 Å². The summed E-state index contributed by atoms with van der Waals surface area (Å²) in [5, 5.41) is 16.3. The lowest BCUT2D eigenvalue weighted by Crippen LogP contribution is -2.50. The minimum Gasteiger partial charge on any atom is -0.480 e. The van der Waals surface area contributed by atoms with Crippen molar-refractivity contribution in [3.05, 3.63) is 29.8 Å². The molecule has 2 rings (SSSR count). The highest BCUT2D eigenvalue weighted by Crippen LogP contribution is 2.11. The summed E-state index contributed by atoms with van der Waals surface area (Å²) in [5.41, 5.74) is 0.623. The van der Waals surface area contributed by atoms with Gasteiger partial charge in [-0.25, -0.2) is 0 Å². The van der Waals surface area contributed by atoms with E-state index in [0.29, 0.717) is 18.8 Å². The molecule has 0 radical (unpaired) electrons. The van der Waals surface area contributed by atoms with Crippen molar-refractivity contribution in [2.75, 3.05) is 38.0 Å². The fraction of sp³-hybridized carbons (Fsp3) is 0.333. The molecule has 1 aromatic carbocycles. The van der Waals surface area contributed by atoms with Gasteiger partial charge in [0.05, 0.1) is 13.1 Å². The first kappa shape index (κ1) is 17.4. The number of nitrogens with zero attached hydrogens (tertiary/aromatic N) is 1. The molecule has 0 bridgehead atoms. The van der Waals surface area contributed by atoms with Crippen LogP contribution in [0.3, 0.4) is 0 Å². The molecule has 0 unspecified atom stereocenters. The number of carboxylic acid groups (broad SMARTS) is 1. The Hall–Kier alpha value is -2.94. The molecular weight excluding hydrogens is 316 g/mol. The molecule has 1 aromatic rings. The van der Waals surface area contributed by atoms with Crippen molar-refractivity contribution in [3.63, 3.8) is 0 Å². The maximum atomic E-state index is 12.0. The van der Waals surface area contributed by atoms with E-state index >= 15 is 0 Å².